The molecule has 0 aromatic rings. The molecule has 0 radical (unpaired) electrons. The molecule has 2 atom stereocenters. The number of ether oxygens (including phenoxy) is 1. The monoisotopic (exact) mass is 223 g/mol. The van der Waals surface area contributed by atoms with Gasteiger partial charge in [0.05, 0.1) is 28.2 Å². The lowest BCUT2D eigenvalue weighted by Crippen LogP contribution is -2.71. The molecule has 1 heterocycles. The second-order valence-electron chi connectivity index (χ2n) is 5.48. The highest BCUT2D eigenvalue weighted by Crippen LogP contribution is 2.25. The van der Waals surface area contributed by atoms with Gasteiger partial charge in [0, 0.05) is 0 Å². The van der Waals surface area contributed by atoms with E-state index >= 15 is 0 Å². The quantitative estimate of drug-likeness (QED) is 0.488. The van der Waals surface area contributed by atoms with Gasteiger partial charge in [0.25, 0.3) is 12.3 Å². The van der Waals surface area contributed by atoms with Gasteiger partial charge in [-0.15, -0.1) is 6.42 Å². The summed E-state index contributed by atoms with van der Waals surface area (Å²) in [5.41, 5.74) is 0. The van der Waals surface area contributed by atoms with Crippen LogP contribution in [0, 0.1) is 23.7 Å². The zero-order valence-electron chi connectivity index (χ0n) is 10.6. The molecular formula is C12H21N3O+2. The van der Waals surface area contributed by atoms with Crippen molar-refractivity contribution in [3.8, 4) is 18.4 Å². The lowest BCUT2D eigenvalue weighted by atomic mass is 10.1. The molecule has 1 rings (SSSR count). The maximum atomic E-state index is 9.32. The normalized spacial score (nSPS) is 31.4. The molecule has 0 aromatic carbocycles. The lowest BCUT2D eigenvalue weighted by Gasteiger charge is -2.49. The number of terminal acetylenes is 1. The maximum absolute atomic E-state index is 9.32. The van der Waals surface area contributed by atoms with Crippen molar-refractivity contribution in [2.45, 2.75) is 12.3 Å². The third kappa shape index (κ3) is 2.36. The first-order chi connectivity index (χ1) is 7.35. The van der Waals surface area contributed by atoms with Crippen molar-refractivity contribution in [1.82, 2.24) is 0 Å². The first-order valence-corrected chi connectivity index (χ1v) is 5.45. The Labute approximate surface area is 98.2 Å². The lowest BCUT2D eigenvalue weighted by molar-refractivity contribution is -1.04. The molecule has 0 N–H and O–H groups in total. The summed E-state index contributed by atoms with van der Waals surface area (Å²) in [5, 5.41) is 9.32. The molecule has 4 heteroatoms. The van der Waals surface area contributed by atoms with Crippen molar-refractivity contribution in [2.75, 3.05) is 47.9 Å². The SMILES string of the molecule is C#CCOC1C(C#N)[N+](C)(C)CC[N+]1(C)C. The Bertz CT molecular complexity index is 335. The molecule has 2 unspecified atom stereocenters. The largest absolute Gasteiger partial charge is 0.310 e. The van der Waals surface area contributed by atoms with E-state index in [0.717, 1.165) is 13.1 Å². The van der Waals surface area contributed by atoms with Crippen LogP contribution in [0.5, 0.6) is 0 Å². The second-order valence-corrected chi connectivity index (χ2v) is 5.48. The highest BCUT2D eigenvalue weighted by Gasteiger charge is 2.51. The molecule has 1 saturated heterocycles. The fraction of sp³-hybridized carbons (Fsp3) is 0.750. The van der Waals surface area contributed by atoms with Gasteiger partial charge in [0.2, 0.25) is 0 Å². The molecule has 1 fully saturated rings. The summed E-state index contributed by atoms with van der Waals surface area (Å²) in [6.45, 7) is 2.23. The second kappa shape index (κ2) is 4.43. The van der Waals surface area contributed by atoms with Crippen LogP contribution < -0.4 is 0 Å². The summed E-state index contributed by atoms with van der Waals surface area (Å²) in [6.07, 6.45) is 5.07. The van der Waals surface area contributed by atoms with Gasteiger partial charge in [-0.2, -0.15) is 5.26 Å². The Morgan fingerprint density at radius 1 is 1.25 bits per heavy atom. The molecule has 16 heavy (non-hydrogen) atoms. The van der Waals surface area contributed by atoms with Gasteiger partial charge in [-0.3, -0.25) is 4.48 Å². The Balaban J connectivity index is 2.94. The molecule has 88 valence electrons. The smallest absolute Gasteiger partial charge is 0.261 e. The van der Waals surface area contributed by atoms with E-state index in [1.54, 1.807) is 0 Å². The van der Waals surface area contributed by atoms with Crippen LogP contribution in [0.2, 0.25) is 0 Å². The van der Waals surface area contributed by atoms with E-state index in [-0.39, 0.29) is 18.9 Å². The molecular weight excluding hydrogens is 202 g/mol. The van der Waals surface area contributed by atoms with E-state index in [2.05, 4.69) is 40.2 Å². The van der Waals surface area contributed by atoms with E-state index < -0.39 is 0 Å². The van der Waals surface area contributed by atoms with Crippen molar-refractivity contribution in [2.24, 2.45) is 0 Å². The predicted molar refractivity (Wildman–Crippen MR) is 61.9 cm³/mol. The summed E-state index contributed by atoms with van der Waals surface area (Å²) < 4.78 is 7.05. The van der Waals surface area contributed by atoms with E-state index in [9.17, 15) is 5.26 Å². The van der Waals surface area contributed by atoms with Crippen LogP contribution in [0.25, 0.3) is 0 Å². The Kier molecular flexibility index (Phi) is 3.60. The molecule has 1 aliphatic rings. The number of piperazine rings is 1. The summed E-state index contributed by atoms with van der Waals surface area (Å²) in [4.78, 5) is 0. The van der Waals surface area contributed by atoms with Crippen LogP contribution in [-0.2, 0) is 4.74 Å². The zero-order chi connectivity index (χ0) is 12.4. The van der Waals surface area contributed by atoms with Gasteiger partial charge in [0.1, 0.15) is 25.8 Å². The minimum Gasteiger partial charge on any atom is -0.310 e. The zero-order valence-corrected chi connectivity index (χ0v) is 10.6. The fourth-order valence-electron chi connectivity index (χ4n) is 2.16. The first-order valence-electron chi connectivity index (χ1n) is 5.45. The average molecular weight is 223 g/mol. The molecule has 0 aromatic heterocycles. The Hall–Kier alpha value is -1.07. The molecule has 0 amide bonds. The van der Waals surface area contributed by atoms with Gasteiger partial charge in [-0.1, -0.05) is 5.92 Å². The number of quaternary nitrogens is 2. The van der Waals surface area contributed by atoms with E-state index in [1.165, 1.54) is 0 Å². The van der Waals surface area contributed by atoms with Crippen LogP contribution in [0.3, 0.4) is 0 Å². The van der Waals surface area contributed by atoms with Gasteiger partial charge in [0.15, 0.2) is 0 Å². The van der Waals surface area contributed by atoms with E-state index in [4.69, 9.17) is 11.2 Å². The van der Waals surface area contributed by atoms with Crippen LogP contribution in [-0.4, -0.2) is 69.1 Å². The highest BCUT2D eigenvalue weighted by molar-refractivity contribution is 4.91. The average Bonchev–Trinajstić information content (AvgIpc) is 2.19. The number of hydrogen-bond donors (Lipinski definition) is 0. The van der Waals surface area contributed by atoms with Crippen LogP contribution >= 0.6 is 0 Å². The molecule has 0 bridgehead atoms. The first kappa shape index (κ1) is 13.0. The van der Waals surface area contributed by atoms with Crippen molar-refractivity contribution in [1.29, 1.82) is 5.26 Å². The topological polar surface area (TPSA) is 33.0 Å². The predicted octanol–water partition coefficient (Wildman–Crippen LogP) is 0.0209. The Morgan fingerprint density at radius 3 is 2.31 bits per heavy atom. The molecule has 4 nitrogen and oxygen atoms in total. The number of nitriles is 1. The molecule has 0 aliphatic carbocycles. The molecule has 0 spiro atoms. The van der Waals surface area contributed by atoms with Crippen LogP contribution in [0.4, 0.5) is 0 Å². The third-order valence-electron chi connectivity index (χ3n) is 3.43. The van der Waals surface area contributed by atoms with Gasteiger partial charge in [-0.05, 0) is 0 Å². The number of rotatable bonds is 2. The minimum absolute atomic E-state index is 0.148. The van der Waals surface area contributed by atoms with Crippen molar-refractivity contribution >= 4 is 0 Å². The van der Waals surface area contributed by atoms with E-state index in [1.807, 2.05) is 0 Å². The van der Waals surface area contributed by atoms with Crippen molar-refractivity contribution in [3.63, 3.8) is 0 Å². The van der Waals surface area contributed by atoms with Gasteiger partial charge >= 0.3 is 0 Å². The molecule has 1 aliphatic heterocycles. The number of nitrogens with zero attached hydrogens (tertiary/aromatic N) is 3. The summed E-state index contributed by atoms with van der Waals surface area (Å²) in [6, 6.07) is 2.20. The third-order valence-corrected chi connectivity index (χ3v) is 3.43. The van der Waals surface area contributed by atoms with Crippen molar-refractivity contribution in [3.05, 3.63) is 0 Å². The van der Waals surface area contributed by atoms with Crippen LogP contribution in [0.15, 0.2) is 0 Å². The van der Waals surface area contributed by atoms with Gasteiger partial charge in [-0.25, -0.2) is 0 Å². The minimum atomic E-state index is -0.169. The van der Waals surface area contributed by atoms with Gasteiger partial charge < -0.3 is 9.22 Å². The standard InChI is InChI=1S/C12H21N3O/c1-6-9-16-12-11(10-13)14(2,3)7-8-15(12,4)5/h1,11-12H,7-9H2,2-5H3/q+2. The number of hydrogen-bond acceptors (Lipinski definition) is 2. The summed E-state index contributed by atoms with van der Waals surface area (Å²) in [5.74, 6) is 2.48. The highest BCUT2D eigenvalue weighted by atomic mass is 16.5. The van der Waals surface area contributed by atoms with Crippen molar-refractivity contribution < 1.29 is 13.7 Å². The summed E-state index contributed by atoms with van der Waals surface area (Å²) >= 11 is 0. The van der Waals surface area contributed by atoms with Crippen LogP contribution in [0.1, 0.15) is 0 Å². The summed E-state index contributed by atoms with van der Waals surface area (Å²) in [7, 11) is 8.31. The fourth-order valence-corrected chi connectivity index (χ4v) is 2.16. The van der Waals surface area contributed by atoms with E-state index in [0.29, 0.717) is 8.97 Å². The Morgan fingerprint density at radius 2 is 1.81 bits per heavy atom. The maximum Gasteiger partial charge on any atom is 0.261 e. The molecule has 0 saturated carbocycles. The number of likely N-dealkylation sites (N-methyl/N-ethyl adjacent to an activating group) is 2.